The zero-order valence-electron chi connectivity index (χ0n) is 12.1. The van der Waals surface area contributed by atoms with Crippen LogP contribution in [0.5, 0.6) is 0 Å². The quantitative estimate of drug-likeness (QED) is 0.865. The standard InChI is InChI=1S/C13H20N2O4S2/c1-3-14-12-8-9-15(13-7-5-4-6-11(12)13)21(18,19)10-20(2,16)17/h4-7,12,14H,3,8-10H2,1-2H3. The fourth-order valence-electron chi connectivity index (χ4n) is 2.61. The van der Waals surface area contributed by atoms with Crippen LogP contribution in [0.2, 0.25) is 0 Å². The number of hydrogen-bond acceptors (Lipinski definition) is 5. The summed E-state index contributed by atoms with van der Waals surface area (Å²) >= 11 is 0. The number of fused-ring (bicyclic) bond motifs is 1. The maximum atomic E-state index is 12.4. The summed E-state index contributed by atoms with van der Waals surface area (Å²) in [5, 5.41) is 2.46. The van der Waals surface area contributed by atoms with E-state index in [1.807, 2.05) is 19.1 Å². The summed E-state index contributed by atoms with van der Waals surface area (Å²) in [6.07, 6.45) is 1.55. The molecule has 0 radical (unpaired) electrons. The number of nitrogens with zero attached hydrogens (tertiary/aromatic N) is 1. The van der Waals surface area contributed by atoms with Gasteiger partial charge in [0.15, 0.2) is 14.9 Å². The number of sulfone groups is 1. The Morgan fingerprint density at radius 1 is 1.24 bits per heavy atom. The van der Waals surface area contributed by atoms with Gasteiger partial charge >= 0.3 is 0 Å². The van der Waals surface area contributed by atoms with Crippen LogP contribution in [0.4, 0.5) is 5.69 Å². The molecule has 1 aliphatic rings. The molecule has 0 fully saturated rings. The lowest BCUT2D eigenvalue weighted by atomic mass is 9.98. The van der Waals surface area contributed by atoms with E-state index in [-0.39, 0.29) is 12.6 Å². The lowest BCUT2D eigenvalue weighted by molar-refractivity contribution is 0.502. The fraction of sp³-hybridized carbons (Fsp3) is 0.538. The predicted molar refractivity (Wildman–Crippen MR) is 83.5 cm³/mol. The number of rotatable bonds is 5. The molecule has 0 aromatic heterocycles. The number of para-hydroxylation sites is 1. The van der Waals surface area contributed by atoms with Gasteiger partial charge in [0, 0.05) is 18.8 Å². The van der Waals surface area contributed by atoms with Crippen LogP contribution in [-0.4, -0.2) is 41.3 Å². The molecule has 118 valence electrons. The average Bonchev–Trinajstić information content (AvgIpc) is 2.36. The van der Waals surface area contributed by atoms with E-state index in [1.165, 1.54) is 4.31 Å². The molecule has 1 heterocycles. The molecule has 1 atom stereocenters. The molecule has 2 rings (SSSR count). The van der Waals surface area contributed by atoms with E-state index in [4.69, 9.17) is 0 Å². The summed E-state index contributed by atoms with van der Waals surface area (Å²) in [5.41, 5.74) is 1.46. The second-order valence-corrected chi connectivity index (χ2v) is 9.58. The molecule has 6 nitrogen and oxygen atoms in total. The Labute approximate surface area is 126 Å². The van der Waals surface area contributed by atoms with E-state index in [1.54, 1.807) is 12.1 Å². The van der Waals surface area contributed by atoms with Crippen molar-refractivity contribution in [2.75, 3.05) is 28.7 Å². The molecule has 21 heavy (non-hydrogen) atoms. The van der Waals surface area contributed by atoms with Crippen molar-refractivity contribution in [2.45, 2.75) is 19.4 Å². The molecule has 1 N–H and O–H groups in total. The van der Waals surface area contributed by atoms with Crippen molar-refractivity contribution >= 4 is 25.5 Å². The zero-order valence-corrected chi connectivity index (χ0v) is 13.7. The van der Waals surface area contributed by atoms with Gasteiger partial charge in [-0.3, -0.25) is 4.31 Å². The van der Waals surface area contributed by atoms with Crippen molar-refractivity contribution in [1.82, 2.24) is 5.32 Å². The Morgan fingerprint density at radius 3 is 2.52 bits per heavy atom. The van der Waals surface area contributed by atoms with Gasteiger partial charge in [-0.05, 0) is 24.6 Å². The van der Waals surface area contributed by atoms with Crippen molar-refractivity contribution in [2.24, 2.45) is 0 Å². The van der Waals surface area contributed by atoms with Crippen LogP contribution in [-0.2, 0) is 19.9 Å². The first-order valence-electron chi connectivity index (χ1n) is 6.75. The molecule has 8 heteroatoms. The molecular formula is C13H20N2O4S2. The first kappa shape index (κ1) is 16.3. The predicted octanol–water partition coefficient (Wildman–Crippen LogP) is 0.879. The van der Waals surface area contributed by atoms with Crippen LogP contribution >= 0.6 is 0 Å². The van der Waals surface area contributed by atoms with Gasteiger partial charge in [-0.15, -0.1) is 0 Å². The number of benzene rings is 1. The van der Waals surface area contributed by atoms with Crippen molar-refractivity contribution in [1.29, 1.82) is 0 Å². The molecule has 0 saturated heterocycles. The maximum Gasteiger partial charge on any atom is 0.249 e. The summed E-state index contributed by atoms with van der Waals surface area (Å²) in [7, 11) is -7.48. The second-order valence-electron chi connectivity index (χ2n) is 5.19. The average molecular weight is 332 g/mol. The summed E-state index contributed by atoms with van der Waals surface area (Å²) in [6, 6.07) is 7.31. The van der Waals surface area contributed by atoms with Gasteiger partial charge in [0.05, 0.1) is 5.69 Å². The van der Waals surface area contributed by atoms with Crippen molar-refractivity contribution in [3.63, 3.8) is 0 Å². The van der Waals surface area contributed by atoms with Gasteiger partial charge < -0.3 is 5.32 Å². The van der Waals surface area contributed by atoms with Gasteiger partial charge in [0.25, 0.3) is 0 Å². The highest BCUT2D eigenvalue weighted by atomic mass is 32.3. The topological polar surface area (TPSA) is 83.6 Å². The molecule has 1 aliphatic heterocycles. The van der Waals surface area contributed by atoms with E-state index < -0.39 is 24.9 Å². The summed E-state index contributed by atoms with van der Waals surface area (Å²) in [6.45, 7) is 3.07. The first-order valence-corrected chi connectivity index (χ1v) is 10.4. The maximum absolute atomic E-state index is 12.4. The highest BCUT2D eigenvalue weighted by molar-refractivity contribution is 8.08. The minimum absolute atomic E-state index is 0.0934. The van der Waals surface area contributed by atoms with Crippen LogP contribution in [0, 0.1) is 0 Å². The van der Waals surface area contributed by atoms with Crippen molar-refractivity contribution in [3.05, 3.63) is 29.8 Å². The molecule has 1 aromatic carbocycles. The van der Waals surface area contributed by atoms with Crippen molar-refractivity contribution in [3.8, 4) is 0 Å². The molecular weight excluding hydrogens is 312 g/mol. The Hall–Kier alpha value is -1.12. The Morgan fingerprint density at radius 2 is 1.90 bits per heavy atom. The van der Waals surface area contributed by atoms with E-state index >= 15 is 0 Å². The SMILES string of the molecule is CCNC1CCN(S(=O)(=O)CS(C)(=O)=O)c2ccccc21. The van der Waals surface area contributed by atoms with Crippen LogP contribution in [0.25, 0.3) is 0 Å². The highest BCUT2D eigenvalue weighted by Gasteiger charge is 2.33. The van der Waals surface area contributed by atoms with Crippen LogP contribution in [0.15, 0.2) is 24.3 Å². The number of anilines is 1. The van der Waals surface area contributed by atoms with Gasteiger partial charge in [-0.25, -0.2) is 16.8 Å². The van der Waals surface area contributed by atoms with E-state index in [0.29, 0.717) is 12.1 Å². The molecule has 0 spiro atoms. The Balaban J connectivity index is 2.42. The van der Waals surface area contributed by atoms with Gasteiger partial charge in [-0.2, -0.15) is 0 Å². The third kappa shape index (κ3) is 3.75. The Bertz CT molecular complexity index is 713. The van der Waals surface area contributed by atoms with Crippen LogP contribution in [0.3, 0.4) is 0 Å². The van der Waals surface area contributed by atoms with E-state index in [9.17, 15) is 16.8 Å². The van der Waals surface area contributed by atoms with E-state index in [0.717, 1.165) is 18.4 Å². The summed E-state index contributed by atoms with van der Waals surface area (Å²) < 4.78 is 48.6. The minimum Gasteiger partial charge on any atom is -0.310 e. The normalized spacial score (nSPS) is 19.3. The third-order valence-electron chi connectivity index (χ3n) is 3.35. The first-order chi connectivity index (χ1) is 9.74. The fourth-order valence-corrected chi connectivity index (χ4v) is 6.14. The molecule has 1 unspecified atom stereocenters. The van der Waals surface area contributed by atoms with E-state index in [2.05, 4.69) is 5.32 Å². The highest BCUT2D eigenvalue weighted by Crippen LogP contribution is 2.35. The molecule has 1 aromatic rings. The molecule has 0 aliphatic carbocycles. The molecule has 0 amide bonds. The van der Waals surface area contributed by atoms with Gasteiger partial charge in [0.2, 0.25) is 10.0 Å². The second kappa shape index (κ2) is 5.94. The summed E-state index contributed by atoms with van der Waals surface area (Å²) in [4.78, 5) is 0. The lowest BCUT2D eigenvalue weighted by Crippen LogP contribution is -2.41. The summed E-state index contributed by atoms with van der Waals surface area (Å²) in [5.74, 6) is 0. The van der Waals surface area contributed by atoms with Gasteiger partial charge in [0.1, 0.15) is 0 Å². The third-order valence-corrected chi connectivity index (χ3v) is 7.31. The smallest absolute Gasteiger partial charge is 0.249 e. The minimum atomic E-state index is -3.88. The number of hydrogen-bond donors (Lipinski definition) is 1. The largest absolute Gasteiger partial charge is 0.310 e. The zero-order chi connectivity index (χ0) is 15.7. The molecule has 0 saturated carbocycles. The number of sulfonamides is 1. The lowest BCUT2D eigenvalue weighted by Gasteiger charge is -2.35. The number of nitrogens with one attached hydrogen (secondary N) is 1. The van der Waals surface area contributed by atoms with Gasteiger partial charge in [-0.1, -0.05) is 25.1 Å². The van der Waals surface area contributed by atoms with Crippen molar-refractivity contribution < 1.29 is 16.8 Å². The van der Waals surface area contributed by atoms with Crippen LogP contribution in [0.1, 0.15) is 24.9 Å². The monoisotopic (exact) mass is 332 g/mol. The Kier molecular flexibility index (Phi) is 4.60. The molecule has 0 bridgehead atoms. The van der Waals surface area contributed by atoms with Crippen LogP contribution < -0.4 is 9.62 Å².